The lowest BCUT2D eigenvalue weighted by molar-refractivity contribution is -0.161. The summed E-state index contributed by atoms with van der Waals surface area (Å²) in [6, 6.07) is 0. The third-order valence-electron chi connectivity index (χ3n) is 16.7. The van der Waals surface area contributed by atoms with Crippen molar-refractivity contribution in [1.82, 2.24) is 0 Å². The Hall–Kier alpha value is -4.28. The normalized spacial score (nSPS) is 14.5. The average Bonchev–Trinajstić information content (AvgIpc) is 0.917. The van der Waals surface area contributed by atoms with Crippen molar-refractivity contribution in [1.29, 1.82) is 0 Å². The third kappa shape index (κ3) is 74.0. The van der Waals surface area contributed by atoms with Crippen molar-refractivity contribution in [3.05, 3.63) is 109 Å². The van der Waals surface area contributed by atoms with E-state index in [4.69, 9.17) is 37.0 Å². The van der Waals surface area contributed by atoms with Crippen molar-refractivity contribution in [2.75, 3.05) is 39.6 Å². The summed E-state index contributed by atoms with van der Waals surface area (Å²) in [5.74, 6) is -2.27. The summed E-state index contributed by atoms with van der Waals surface area (Å²) in [6.07, 6.45) is 80.7. The highest BCUT2D eigenvalue weighted by Gasteiger charge is 2.30. The maximum atomic E-state index is 13.1. The number of hydrogen-bond donors (Lipinski definition) is 3. The molecule has 0 aliphatic heterocycles. The lowest BCUT2D eigenvalue weighted by Crippen LogP contribution is -2.30. The van der Waals surface area contributed by atoms with Gasteiger partial charge >= 0.3 is 39.5 Å². The molecule has 17 nitrogen and oxygen atoms in total. The SMILES string of the molecule is CCCCC/C=C\C/C=C\C/C=C\C/C=C\CCCC(=O)O[C@H](COC(=O)CCCCCCC/C=C\CCCCCCCC)COP(=O)(O)OC[C@@H](O)COP(=O)(O)OC[C@@H](COC(=O)CCCCCCC/C=C\C/C=C\CCCCC)OC(=O)CCCCCCC/C=C\C/C=C\CCCCC. The Labute approximate surface area is 619 Å². The van der Waals surface area contributed by atoms with Crippen LogP contribution in [0.3, 0.4) is 0 Å². The van der Waals surface area contributed by atoms with E-state index in [1.165, 1.54) is 96.3 Å². The molecule has 588 valence electrons. The molecule has 0 aromatic rings. The zero-order valence-electron chi connectivity index (χ0n) is 64.3. The van der Waals surface area contributed by atoms with Gasteiger partial charge < -0.3 is 33.8 Å². The number of unbranched alkanes of at least 4 members (excludes halogenated alkanes) is 31. The summed E-state index contributed by atoms with van der Waals surface area (Å²) < 4.78 is 68.5. The van der Waals surface area contributed by atoms with E-state index in [2.05, 4.69) is 125 Å². The minimum absolute atomic E-state index is 0.0166. The number of esters is 4. The quantitative estimate of drug-likeness (QED) is 0.0169. The molecule has 0 saturated carbocycles. The second-order valence-corrected chi connectivity index (χ2v) is 29.5. The number of carbonyl (C=O) groups is 4. The summed E-state index contributed by atoms with van der Waals surface area (Å²) in [7, 11) is -9.98. The van der Waals surface area contributed by atoms with E-state index in [0.717, 1.165) is 154 Å². The number of aliphatic hydroxyl groups excluding tert-OH is 1. The van der Waals surface area contributed by atoms with Crippen molar-refractivity contribution in [2.45, 2.75) is 354 Å². The molecule has 0 bridgehead atoms. The Morgan fingerprint density at radius 3 is 0.804 bits per heavy atom. The monoisotopic (exact) mass is 1470 g/mol. The molecular weight excluding hydrogens is 1330 g/mol. The summed E-state index contributed by atoms with van der Waals surface area (Å²) >= 11 is 0. The van der Waals surface area contributed by atoms with Gasteiger partial charge in [0.25, 0.3) is 0 Å². The molecule has 0 aromatic carbocycles. The second-order valence-electron chi connectivity index (χ2n) is 26.6. The van der Waals surface area contributed by atoms with E-state index in [1.54, 1.807) is 0 Å². The van der Waals surface area contributed by atoms with Gasteiger partial charge in [-0.1, -0.05) is 265 Å². The van der Waals surface area contributed by atoms with Gasteiger partial charge in [0, 0.05) is 25.7 Å². The van der Waals surface area contributed by atoms with Crippen LogP contribution in [0.4, 0.5) is 0 Å². The van der Waals surface area contributed by atoms with Crippen LogP contribution < -0.4 is 0 Å². The van der Waals surface area contributed by atoms with Gasteiger partial charge in [-0.2, -0.15) is 0 Å². The fourth-order valence-electron chi connectivity index (χ4n) is 10.5. The molecule has 0 saturated heterocycles. The molecule has 0 aliphatic carbocycles. The van der Waals surface area contributed by atoms with Crippen molar-refractivity contribution in [3.8, 4) is 0 Å². The van der Waals surface area contributed by atoms with E-state index in [9.17, 15) is 43.2 Å². The number of carbonyl (C=O) groups excluding carboxylic acids is 4. The Balaban J connectivity index is 5.44. The van der Waals surface area contributed by atoms with Crippen LogP contribution in [0.25, 0.3) is 0 Å². The van der Waals surface area contributed by atoms with Gasteiger partial charge in [0.1, 0.15) is 19.3 Å². The first-order chi connectivity index (χ1) is 49.7. The Kier molecular flexibility index (Phi) is 71.8. The van der Waals surface area contributed by atoms with Gasteiger partial charge in [-0.3, -0.25) is 37.3 Å². The van der Waals surface area contributed by atoms with Gasteiger partial charge in [-0.25, -0.2) is 9.13 Å². The molecule has 19 heteroatoms. The van der Waals surface area contributed by atoms with E-state index in [-0.39, 0.29) is 25.7 Å². The van der Waals surface area contributed by atoms with Crippen LogP contribution >= 0.6 is 15.6 Å². The highest BCUT2D eigenvalue weighted by atomic mass is 31.2. The zero-order valence-corrected chi connectivity index (χ0v) is 66.0. The molecule has 0 amide bonds. The number of hydrogen-bond acceptors (Lipinski definition) is 15. The number of allylic oxidation sites excluding steroid dienone is 18. The predicted molar refractivity (Wildman–Crippen MR) is 418 cm³/mol. The van der Waals surface area contributed by atoms with Crippen molar-refractivity contribution < 1.29 is 80.2 Å². The molecule has 2 unspecified atom stereocenters. The number of rotatable bonds is 75. The highest BCUT2D eigenvalue weighted by molar-refractivity contribution is 7.47. The van der Waals surface area contributed by atoms with E-state index >= 15 is 0 Å². The van der Waals surface area contributed by atoms with E-state index in [0.29, 0.717) is 32.1 Å². The van der Waals surface area contributed by atoms with Crippen LogP contribution in [0.1, 0.15) is 336 Å². The minimum Gasteiger partial charge on any atom is -0.462 e. The molecule has 0 aromatic heterocycles. The van der Waals surface area contributed by atoms with Crippen molar-refractivity contribution in [2.24, 2.45) is 0 Å². The molecule has 3 N–H and O–H groups in total. The van der Waals surface area contributed by atoms with Gasteiger partial charge in [0.05, 0.1) is 26.4 Å². The van der Waals surface area contributed by atoms with Crippen LogP contribution in [0.5, 0.6) is 0 Å². The number of aliphatic hydroxyl groups is 1. The maximum Gasteiger partial charge on any atom is 0.472 e. The van der Waals surface area contributed by atoms with Crippen LogP contribution in [0.15, 0.2) is 109 Å². The lowest BCUT2D eigenvalue weighted by atomic mass is 10.1. The molecule has 0 radical (unpaired) electrons. The van der Waals surface area contributed by atoms with Crippen LogP contribution in [0.2, 0.25) is 0 Å². The van der Waals surface area contributed by atoms with Crippen molar-refractivity contribution in [3.63, 3.8) is 0 Å². The first-order valence-corrected chi connectivity index (χ1v) is 43.1. The summed E-state index contributed by atoms with van der Waals surface area (Å²) in [6.45, 7) is 4.71. The van der Waals surface area contributed by atoms with Gasteiger partial charge in [0.2, 0.25) is 0 Å². The van der Waals surface area contributed by atoms with E-state index < -0.39 is 97.5 Å². The molecule has 0 fully saturated rings. The van der Waals surface area contributed by atoms with Gasteiger partial charge in [-0.15, -0.1) is 0 Å². The minimum atomic E-state index is -4.99. The van der Waals surface area contributed by atoms with Crippen LogP contribution in [-0.4, -0.2) is 96.7 Å². The average molecular weight is 1480 g/mol. The van der Waals surface area contributed by atoms with E-state index in [1.807, 2.05) is 12.2 Å². The largest absolute Gasteiger partial charge is 0.472 e. The lowest BCUT2D eigenvalue weighted by Gasteiger charge is -2.21. The fraction of sp³-hybridized carbons (Fsp3) is 0.735. The summed E-state index contributed by atoms with van der Waals surface area (Å²) in [4.78, 5) is 73.0. The Bertz CT molecular complexity index is 2360. The predicted octanol–water partition coefficient (Wildman–Crippen LogP) is 23.3. The summed E-state index contributed by atoms with van der Waals surface area (Å²) in [5.41, 5.74) is 0. The topological polar surface area (TPSA) is 237 Å². The van der Waals surface area contributed by atoms with Crippen LogP contribution in [0, 0.1) is 0 Å². The molecule has 0 rings (SSSR count). The third-order valence-corrected chi connectivity index (χ3v) is 18.6. The number of ether oxygens (including phenoxy) is 4. The molecular formula is C83H144O17P2. The second kappa shape index (κ2) is 75.0. The summed E-state index contributed by atoms with van der Waals surface area (Å²) in [5, 5.41) is 10.6. The van der Waals surface area contributed by atoms with Crippen LogP contribution in [-0.2, 0) is 65.4 Å². The van der Waals surface area contributed by atoms with Gasteiger partial charge in [0.15, 0.2) is 12.2 Å². The first-order valence-electron chi connectivity index (χ1n) is 40.1. The number of phosphoric ester groups is 2. The first kappa shape index (κ1) is 97.7. The van der Waals surface area contributed by atoms with Crippen molar-refractivity contribution >= 4 is 39.5 Å². The van der Waals surface area contributed by atoms with Gasteiger partial charge in [-0.05, 0) is 154 Å². The number of phosphoric acid groups is 2. The highest BCUT2D eigenvalue weighted by Crippen LogP contribution is 2.45. The molecule has 102 heavy (non-hydrogen) atoms. The Morgan fingerprint density at radius 2 is 0.490 bits per heavy atom. The maximum absolute atomic E-state index is 13.1. The molecule has 0 heterocycles. The molecule has 5 atom stereocenters. The zero-order chi connectivity index (χ0) is 74.6. The fourth-order valence-corrected chi connectivity index (χ4v) is 12.1. The Morgan fingerprint density at radius 1 is 0.275 bits per heavy atom. The standard InChI is InChI=1S/C83H144O17P2/c1-5-9-13-17-21-25-29-33-37-38-42-46-50-54-58-62-66-70-83(88)100-79(74-94-81(86)68-64-60-56-52-48-44-40-35-31-27-23-19-15-11-7-3)76-98-102(91,92)96-72-77(84)71-95-101(89,90)97-75-78(99-82(87)69-65-61-57-53-49-45-41-36-32-28-24-20-16-12-8-4)73-93-80(85)67-63-59-55-51-47-43-39-34-30-26-22-18-14-10-6-2/h21-22,24-26,28,33-37,39-42,46,54,58,77-79,84H,5-20,23,27,29-32,38,43-45,47-53,55-57,59-76H2,1-4H3,(H,89,90)(H,91,92)/b25-21-,26-22-,28-24-,37-33-,39-34-,40-35-,41-36-,46-42-,58-54-/t77-,78+,79+/m0/s1. The smallest absolute Gasteiger partial charge is 0.462 e. The molecule has 0 aliphatic rings. The molecule has 0 spiro atoms.